The van der Waals surface area contributed by atoms with Gasteiger partial charge in [-0.05, 0) is 67.9 Å². The summed E-state index contributed by atoms with van der Waals surface area (Å²) in [7, 11) is 1.48. The Morgan fingerprint density at radius 1 is 1.21 bits per heavy atom. The summed E-state index contributed by atoms with van der Waals surface area (Å²) in [4.78, 5) is 13.2. The van der Waals surface area contributed by atoms with Gasteiger partial charge in [-0.15, -0.1) is 0 Å². The molecule has 28 heavy (non-hydrogen) atoms. The number of anilines is 1. The standard InChI is InChI=1S/C21H23N3O3S/c1-11-6-5-7-15(12(11)2)23-20(26)18-13(3)22-21(28)24-19(18)14-8-9-16(25)17(10-14)27-4/h5-10,19,25H,1-4H3,(H,23,26)(H2,22,24,28). The Morgan fingerprint density at radius 3 is 2.68 bits per heavy atom. The van der Waals surface area contributed by atoms with Crippen LogP contribution in [0.4, 0.5) is 5.69 Å². The highest BCUT2D eigenvalue weighted by Gasteiger charge is 2.30. The van der Waals surface area contributed by atoms with E-state index in [2.05, 4.69) is 16.0 Å². The molecule has 1 heterocycles. The maximum Gasteiger partial charge on any atom is 0.255 e. The highest BCUT2D eigenvalue weighted by Crippen LogP contribution is 2.34. The monoisotopic (exact) mass is 397 g/mol. The molecule has 0 fully saturated rings. The van der Waals surface area contributed by atoms with Gasteiger partial charge < -0.3 is 25.8 Å². The maximum atomic E-state index is 13.2. The van der Waals surface area contributed by atoms with E-state index < -0.39 is 6.04 Å². The van der Waals surface area contributed by atoms with Gasteiger partial charge in [0.15, 0.2) is 16.6 Å². The van der Waals surface area contributed by atoms with E-state index in [4.69, 9.17) is 17.0 Å². The van der Waals surface area contributed by atoms with Gasteiger partial charge in [-0.25, -0.2) is 0 Å². The van der Waals surface area contributed by atoms with Crippen LogP contribution in [0, 0.1) is 13.8 Å². The predicted molar refractivity (Wildman–Crippen MR) is 114 cm³/mol. The molecule has 7 heteroatoms. The van der Waals surface area contributed by atoms with Crippen LogP contribution in [-0.2, 0) is 4.79 Å². The van der Waals surface area contributed by atoms with E-state index in [-0.39, 0.29) is 11.7 Å². The summed E-state index contributed by atoms with van der Waals surface area (Å²) in [5, 5.41) is 19.5. The number of amides is 1. The number of aryl methyl sites for hydroxylation is 1. The summed E-state index contributed by atoms with van der Waals surface area (Å²) >= 11 is 5.29. The lowest BCUT2D eigenvalue weighted by molar-refractivity contribution is -0.113. The van der Waals surface area contributed by atoms with E-state index in [1.54, 1.807) is 12.1 Å². The zero-order chi connectivity index (χ0) is 20.4. The molecule has 6 nitrogen and oxygen atoms in total. The van der Waals surface area contributed by atoms with E-state index in [0.29, 0.717) is 22.1 Å². The van der Waals surface area contributed by atoms with Gasteiger partial charge in [-0.1, -0.05) is 18.2 Å². The number of carbonyl (C=O) groups excluding carboxylic acids is 1. The zero-order valence-corrected chi connectivity index (χ0v) is 17.0. The zero-order valence-electron chi connectivity index (χ0n) is 16.2. The Kier molecular flexibility index (Phi) is 5.56. The van der Waals surface area contributed by atoms with E-state index in [1.165, 1.54) is 13.2 Å². The Labute approximate surface area is 169 Å². The lowest BCUT2D eigenvalue weighted by atomic mass is 9.94. The highest BCUT2D eigenvalue weighted by molar-refractivity contribution is 7.80. The first-order valence-electron chi connectivity index (χ1n) is 8.84. The number of benzene rings is 2. The first kappa shape index (κ1) is 19.7. The molecule has 4 N–H and O–H groups in total. The molecule has 0 aromatic heterocycles. The van der Waals surface area contributed by atoms with Crippen molar-refractivity contribution < 1.29 is 14.6 Å². The Bertz CT molecular complexity index is 985. The Morgan fingerprint density at radius 2 is 1.96 bits per heavy atom. The molecule has 0 spiro atoms. The molecule has 1 unspecified atom stereocenters. The van der Waals surface area contributed by atoms with Crippen molar-refractivity contribution in [1.29, 1.82) is 0 Å². The normalized spacial score (nSPS) is 16.3. The van der Waals surface area contributed by atoms with E-state index in [1.807, 2.05) is 39.0 Å². The van der Waals surface area contributed by atoms with Crippen molar-refractivity contribution >= 4 is 28.9 Å². The molecule has 2 aromatic carbocycles. The van der Waals surface area contributed by atoms with Gasteiger partial charge in [0.25, 0.3) is 5.91 Å². The van der Waals surface area contributed by atoms with Gasteiger partial charge in [-0.3, -0.25) is 4.79 Å². The molecule has 3 rings (SSSR count). The SMILES string of the molecule is COc1cc(C2NC(=S)NC(C)=C2C(=O)Nc2cccc(C)c2C)ccc1O. The molecule has 0 bridgehead atoms. The fourth-order valence-electron chi connectivity index (χ4n) is 3.19. The Balaban J connectivity index is 2.00. The number of phenols is 1. The van der Waals surface area contributed by atoms with Gasteiger partial charge in [0, 0.05) is 11.4 Å². The maximum absolute atomic E-state index is 13.2. The summed E-state index contributed by atoms with van der Waals surface area (Å²) in [5.41, 5.74) is 4.82. The molecule has 0 aliphatic carbocycles. The molecule has 1 aliphatic rings. The number of rotatable bonds is 4. The minimum atomic E-state index is -0.478. The average molecular weight is 398 g/mol. The van der Waals surface area contributed by atoms with E-state index in [0.717, 1.165) is 22.4 Å². The van der Waals surface area contributed by atoms with Gasteiger partial charge >= 0.3 is 0 Å². The van der Waals surface area contributed by atoms with Crippen molar-refractivity contribution in [1.82, 2.24) is 10.6 Å². The van der Waals surface area contributed by atoms with Gasteiger partial charge in [0.05, 0.1) is 18.7 Å². The summed E-state index contributed by atoms with van der Waals surface area (Å²) in [6.07, 6.45) is 0. The van der Waals surface area contributed by atoms with Crippen molar-refractivity contribution in [2.24, 2.45) is 0 Å². The third kappa shape index (κ3) is 3.80. The minimum absolute atomic E-state index is 0.0323. The summed E-state index contributed by atoms with van der Waals surface area (Å²) in [5.74, 6) is 0.131. The number of hydrogen-bond acceptors (Lipinski definition) is 4. The lowest BCUT2D eigenvalue weighted by Crippen LogP contribution is -2.45. The third-order valence-electron chi connectivity index (χ3n) is 4.90. The highest BCUT2D eigenvalue weighted by atomic mass is 32.1. The smallest absolute Gasteiger partial charge is 0.255 e. The van der Waals surface area contributed by atoms with Crippen LogP contribution in [0.2, 0.25) is 0 Å². The molecule has 146 valence electrons. The van der Waals surface area contributed by atoms with Crippen molar-refractivity contribution in [3.63, 3.8) is 0 Å². The van der Waals surface area contributed by atoms with Crippen LogP contribution in [0.1, 0.15) is 29.7 Å². The Hall–Kier alpha value is -3.06. The molecular formula is C21H23N3O3S. The van der Waals surface area contributed by atoms with Gasteiger partial charge in [0.2, 0.25) is 0 Å². The molecule has 0 saturated carbocycles. The number of allylic oxidation sites excluding steroid dienone is 1. The second kappa shape index (κ2) is 7.90. The summed E-state index contributed by atoms with van der Waals surface area (Å²) < 4.78 is 5.21. The first-order valence-corrected chi connectivity index (χ1v) is 9.25. The molecule has 0 saturated heterocycles. The average Bonchev–Trinajstić information content (AvgIpc) is 2.65. The number of ether oxygens (including phenoxy) is 1. The fraction of sp³-hybridized carbons (Fsp3) is 0.238. The van der Waals surface area contributed by atoms with E-state index in [9.17, 15) is 9.90 Å². The van der Waals surface area contributed by atoms with Crippen LogP contribution in [0.25, 0.3) is 0 Å². The second-order valence-corrected chi connectivity index (χ2v) is 7.11. The minimum Gasteiger partial charge on any atom is -0.504 e. The first-order chi connectivity index (χ1) is 13.3. The van der Waals surface area contributed by atoms with Gasteiger partial charge in [-0.2, -0.15) is 0 Å². The van der Waals surface area contributed by atoms with Crippen molar-refractivity contribution in [3.8, 4) is 11.5 Å². The quantitative estimate of drug-likeness (QED) is 0.592. The number of phenolic OH excluding ortho intramolecular Hbond substituents is 1. The van der Waals surface area contributed by atoms with Crippen LogP contribution in [0.15, 0.2) is 47.7 Å². The molecule has 1 amide bonds. The molecule has 2 aromatic rings. The summed E-state index contributed by atoms with van der Waals surface area (Å²) in [6.45, 7) is 5.79. The van der Waals surface area contributed by atoms with Crippen molar-refractivity contribution in [3.05, 3.63) is 64.4 Å². The van der Waals surface area contributed by atoms with Gasteiger partial charge in [0.1, 0.15) is 0 Å². The number of methoxy groups -OCH3 is 1. The largest absolute Gasteiger partial charge is 0.504 e. The van der Waals surface area contributed by atoms with Crippen molar-refractivity contribution in [2.75, 3.05) is 12.4 Å². The number of thiocarbonyl (C=S) groups is 1. The fourth-order valence-corrected chi connectivity index (χ4v) is 3.47. The van der Waals surface area contributed by atoms with Crippen LogP contribution in [0.5, 0.6) is 11.5 Å². The predicted octanol–water partition coefficient (Wildman–Crippen LogP) is 3.45. The number of nitrogens with one attached hydrogen (secondary N) is 3. The number of aromatic hydroxyl groups is 1. The van der Waals surface area contributed by atoms with Crippen LogP contribution in [-0.4, -0.2) is 23.2 Å². The van der Waals surface area contributed by atoms with Crippen LogP contribution >= 0.6 is 12.2 Å². The van der Waals surface area contributed by atoms with Crippen LogP contribution in [0.3, 0.4) is 0 Å². The summed E-state index contributed by atoms with van der Waals surface area (Å²) in [6, 6.07) is 10.3. The lowest BCUT2D eigenvalue weighted by Gasteiger charge is -2.30. The molecular weight excluding hydrogens is 374 g/mol. The number of carbonyl (C=O) groups is 1. The molecule has 1 aliphatic heterocycles. The second-order valence-electron chi connectivity index (χ2n) is 6.70. The van der Waals surface area contributed by atoms with E-state index >= 15 is 0 Å². The molecule has 1 atom stereocenters. The molecule has 0 radical (unpaired) electrons. The third-order valence-corrected chi connectivity index (χ3v) is 5.12. The van der Waals surface area contributed by atoms with Crippen molar-refractivity contribution in [2.45, 2.75) is 26.8 Å². The topological polar surface area (TPSA) is 82.6 Å². The number of hydrogen-bond donors (Lipinski definition) is 4. The van der Waals surface area contributed by atoms with Crippen LogP contribution < -0.4 is 20.7 Å².